The Hall–Kier alpha value is -2.92. The summed E-state index contributed by atoms with van der Waals surface area (Å²) in [6, 6.07) is 0. The highest BCUT2D eigenvalue weighted by Crippen LogP contribution is 2.13. The number of unbranched alkanes of at least 4 members (excludes halogenated alkanes) is 22. The van der Waals surface area contributed by atoms with Crippen molar-refractivity contribution in [2.75, 3.05) is 19.8 Å². The van der Waals surface area contributed by atoms with E-state index in [1.165, 1.54) is 109 Å². The molecule has 5 nitrogen and oxygen atoms in total. The molecule has 0 aliphatic carbocycles. The van der Waals surface area contributed by atoms with Crippen LogP contribution in [0.3, 0.4) is 0 Å². The van der Waals surface area contributed by atoms with Gasteiger partial charge in [0, 0.05) is 19.4 Å². The summed E-state index contributed by atoms with van der Waals surface area (Å²) in [5.74, 6) is -0.448. The zero-order valence-corrected chi connectivity index (χ0v) is 40.9. The molecule has 0 aliphatic heterocycles. The van der Waals surface area contributed by atoms with Crippen molar-refractivity contribution in [2.45, 2.75) is 245 Å². The molecule has 0 aromatic rings. The molecule has 5 heteroatoms. The van der Waals surface area contributed by atoms with Crippen LogP contribution in [-0.4, -0.2) is 37.9 Å². The van der Waals surface area contributed by atoms with Gasteiger partial charge in [0.15, 0.2) is 6.10 Å². The molecule has 0 saturated carbocycles. The zero-order valence-electron chi connectivity index (χ0n) is 40.9. The van der Waals surface area contributed by atoms with Gasteiger partial charge in [0.1, 0.15) is 6.61 Å². The van der Waals surface area contributed by atoms with Gasteiger partial charge in [-0.05, 0) is 116 Å². The maximum atomic E-state index is 12.8. The second-order valence-corrected chi connectivity index (χ2v) is 17.0. The molecule has 62 heavy (non-hydrogen) atoms. The molecular formula is C57H98O5. The van der Waals surface area contributed by atoms with Crippen molar-refractivity contribution in [3.8, 4) is 0 Å². The molecule has 0 rings (SSSR count). The van der Waals surface area contributed by atoms with Crippen LogP contribution in [0.2, 0.25) is 0 Å². The molecule has 1 atom stereocenters. The summed E-state index contributed by atoms with van der Waals surface area (Å²) < 4.78 is 17.4. The van der Waals surface area contributed by atoms with Gasteiger partial charge < -0.3 is 14.2 Å². The van der Waals surface area contributed by atoms with E-state index in [1.807, 2.05) is 0 Å². The summed E-state index contributed by atoms with van der Waals surface area (Å²) in [7, 11) is 0. The van der Waals surface area contributed by atoms with Gasteiger partial charge in [-0.2, -0.15) is 0 Å². The second kappa shape index (κ2) is 52.4. The van der Waals surface area contributed by atoms with Crippen LogP contribution in [0.25, 0.3) is 0 Å². The number of carbonyl (C=O) groups excluding carboxylic acids is 2. The zero-order chi connectivity index (χ0) is 44.9. The Balaban J connectivity index is 4.31. The minimum Gasteiger partial charge on any atom is -0.462 e. The lowest BCUT2D eigenvalue weighted by Gasteiger charge is -2.18. The van der Waals surface area contributed by atoms with Crippen LogP contribution in [0.1, 0.15) is 239 Å². The van der Waals surface area contributed by atoms with Crippen LogP contribution in [0.5, 0.6) is 0 Å². The molecule has 0 aromatic heterocycles. The fraction of sp³-hybridized carbons (Fsp3) is 0.719. The van der Waals surface area contributed by atoms with Gasteiger partial charge >= 0.3 is 11.9 Å². The second-order valence-electron chi connectivity index (χ2n) is 17.0. The molecule has 0 amide bonds. The van der Waals surface area contributed by atoms with Crippen LogP contribution >= 0.6 is 0 Å². The Bertz CT molecular complexity index is 1160. The quantitative estimate of drug-likeness (QED) is 0.0346. The summed E-state index contributed by atoms with van der Waals surface area (Å²) in [5, 5.41) is 0. The third-order valence-corrected chi connectivity index (χ3v) is 10.9. The Morgan fingerprint density at radius 2 is 0.726 bits per heavy atom. The first-order chi connectivity index (χ1) is 30.6. The smallest absolute Gasteiger partial charge is 0.306 e. The standard InChI is InChI=1S/C57H98O5/c1-4-7-10-13-16-19-22-25-26-27-28-29-30-31-34-37-40-43-46-49-52-60-53-55(62-57(59)51-48-45-42-39-36-33-24-21-18-15-12-9-6-3)54-61-56(58)50-47-44-41-38-35-32-23-20-17-14-11-8-5-2/h8,11,16-17,19-21,24-26,28-29,32,35,55H,4-7,9-10,12-15,18,22-23,27,30-31,33-34,36-54H2,1-3H3/b11-8-,19-16-,20-17-,24-21-,26-25-,29-28-,35-32-. The van der Waals surface area contributed by atoms with E-state index in [4.69, 9.17) is 14.2 Å². The number of hydrogen-bond donors (Lipinski definition) is 0. The maximum Gasteiger partial charge on any atom is 0.306 e. The van der Waals surface area contributed by atoms with Crippen molar-refractivity contribution >= 4 is 11.9 Å². The fourth-order valence-electron chi connectivity index (χ4n) is 7.00. The number of carbonyl (C=O) groups is 2. The largest absolute Gasteiger partial charge is 0.462 e. The van der Waals surface area contributed by atoms with E-state index in [1.54, 1.807) is 0 Å². The first kappa shape index (κ1) is 59.1. The lowest BCUT2D eigenvalue weighted by Crippen LogP contribution is -2.30. The van der Waals surface area contributed by atoms with E-state index in [9.17, 15) is 9.59 Å². The van der Waals surface area contributed by atoms with Crippen LogP contribution in [0, 0.1) is 0 Å². The summed E-state index contributed by atoms with van der Waals surface area (Å²) >= 11 is 0. The van der Waals surface area contributed by atoms with E-state index in [2.05, 4.69) is 106 Å². The number of esters is 2. The molecule has 0 N–H and O–H groups in total. The average molecular weight is 863 g/mol. The molecule has 0 aromatic carbocycles. The van der Waals surface area contributed by atoms with E-state index in [0.717, 1.165) is 96.3 Å². The monoisotopic (exact) mass is 863 g/mol. The lowest BCUT2D eigenvalue weighted by atomic mass is 10.1. The SMILES string of the molecule is CC/C=C\C/C=C\C/C=C\CCCCCC(=O)OCC(COCCCCCCCCC/C=C\C/C=C\C/C=C\CCCCC)OC(=O)CCCCCCC/C=C\CCCCCC. The third kappa shape index (κ3) is 49.7. The fourth-order valence-corrected chi connectivity index (χ4v) is 7.00. The lowest BCUT2D eigenvalue weighted by molar-refractivity contribution is -0.163. The van der Waals surface area contributed by atoms with Crippen LogP contribution in [-0.2, 0) is 23.8 Å². The first-order valence-electron chi connectivity index (χ1n) is 26.1. The van der Waals surface area contributed by atoms with Crippen molar-refractivity contribution in [3.05, 3.63) is 85.1 Å². The van der Waals surface area contributed by atoms with E-state index in [-0.39, 0.29) is 25.2 Å². The van der Waals surface area contributed by atoms with Crippen molar-refractivity contribution < 1.29 is 23.8 Å². The summed E-state index contributed by atoms with van der Waals surface area (Å²) in [6.07, 6.45) is 68.8. The topological polar surface area (TPSA) is 61.8 Å². The maximum absolute atomic E-state index is 12.8. The summed E-state index contributed by atoms with van der Waals surface area (Å²) in [4.78, 5) is 25.4. The van der Waals surface area contributed by atoms with Gasteiger partial charge in [0.2, 0.25) is 0 Å². The van der Waals surface area contributed by atoms with E-state index < -0.39 is 6.10 Å². The predicted octanol–water partition coefficient (Wildman–Crippen LogP) is 17.7. The number of ether oxygens (including phenoxy) is 3. The molecule has 0 bridgehead atoms. The molecule has 0 saturated heterocycles. The van der Waals surface area contributed by atoms with Gasteiger partial charge in [0.25, 0.3) is 0 Å². The van der Waals surface area contributed by atoms with Crippen LogP contribution in [0.15, 0.2) is 85.1 Å². The molecule has 0 aliphatic rings. The molecule has 0 spiro atoms. The third-order valence-electron chi connectivity index (χ3n) is 10.9. The predicted molar refractivity (Wildman–Crippen MR) is 270 cm³/mol. The van der Waals surface area contributed by atoms with Crippen LogP contribution in [0.4, 0.5) is 0 Å². The van der Waals surface area contributed by atoms with Gasteiger partial charge in [-0.1, -0.05) is 196 Å². The highest BCUT2D eigenvalue weighted by atomic mass is 16.6. The van der Waals surface area contributed by atoms with Crippen molar-refractivity contribution in [1.82, 2.24) is 0 Å². The highest BCUT2D eigenvalue weighted by Gasteiger charge is 2.17. The molecular weight excluding hydrogens is 765 g/mol. The highest BCUT2D eigenvalue weighted by molar-refractivity contribution is 5.70. The van der Waals surface area contributed by atoms with Gasteiger partial charge in [-0.3, -0.25) is 9.59 Å². The summed E-state index contributed by atoms with van der Waals surface area (Å²) in [5.41, 5.74) is 0. The van der Waals surface area contributed by atoms with Crippen LogP contribution < -0.4 is 0 Å². The number of rotatable bonds is 47. The van der Waals surface area contributed by atoms with E-state index >= 15 is 0 Å². The average Bonchev–Trinajstić information content (AvgIpc) is 3.27. The Morgan fingerprint density at radius 3 is 1.23 bits per heavy atom. The van der Waals surface area contributed by atoms with Gasteiger partial charge in [-0.15, -0.1) is 0 Å². The Morgan fingerprint density at radius 1 is 0.371 bits per heavy atom. The summed E-state index contributed by atoms with van der Waals surface area (Å²) in [6.45, 7) is 7.61. The minimum atomic E-state index is -0.561. The molecule has 0 heterocycles. The van der Waals surface area contributed by atoms with Crippen molar-refractivity contribution in [3.63, 3.8) is 0 Å². The number of hydrogen-bond acceptors (Lipinski definition) is 5. The van der Waals surface area contributed by atoms with Crippen molar-refractivity contribution in [2.24, 2.45) is 0 Å². The van der Waals surface area contributed by atoms with Gasteiger partial charge in [0.05, 0.1) is 6.61 Å². The molecule has 1 unspecified atom stereocenters. The normalized spacial score (nSPS) is 12.9. The first-order valence-corrected chi connectivity index (χ1v) is 26.1. The molecule has 0 radical (unpaired) electrons. The van der Waals surface area contributed by atoms with Gasteiger partial charge in [-0.25, -0.2) is 0 Å². The Labute approximate surface area is 384 Å². The van der Waals surface area contributed by atoms with E-state index in [0.29, 0.717) is 19.4 Å². The molecule has 0 fully saturated rings. The number of allylic oxidation sites excluding steroid dienone is 14. The Kier molecular flexibility index (Phi) is 50.0. The molecule has 356 valence electrons. The van der Waals surface area contributed by atoms with Crippen molar-refractivity contribution in [1.29, 1.82) is 0 Å². The minimum absolute atomic E-state index is 0.0595.